The number of hydrogen-bond acceptors (Lipinski definition) is 3. The molecule has 1 rings (SSSR count). The Hall–Kier alpha value is -1.09. The van der Waals surface area contributed by atoms with Crippen molar-refractivity contribution in [1.29, 1.82) is 0 Å². The topological polar surface area (TPSA) is 45.1 Å². The molecule has 1 aromatic heterocycles. The molecule has 0 radical (unpaired) electrons. The van der Waals surface area contributed by atoms with Gasteiger partial charge in [0.05, 0.1) is 6.10 Å². The Morgan fingerprint density at radius 1 is 1.40 bits per heavy atom. The van der Waals surface area contributed by atoms with Crippen LogP contribution in [0.4, 0.5) is 5.82 Å². The molecule has 3 heteroatoms. The van der Waals surface area contributed by atoms with Gasteiger partial charge in [-0.3, -0.25) is 0 Å². The summed E-state index contributed by atoms with van der Waals surface area (Å²) in [5.41, 5.74) is 0. The molecule has 0 amide bonds. The number of anilines is 1. The number of aliphatic hydroxyl groups is 1. The number of pyridine rings is 1. The van der Waals surface area contributed by atoms with Gasteiger partial charge in [-0.15, -0.1) is 0 Å². The van der Waals surface area contributed by atoms with Crippen molar-refractivity contribution < 1.29 is 5.11 Å². The minimum absolute atomic E-state index is 0.265. The quantitative estimate of drug-likeness (QED) is 0.676. The van der Waals surface area contributed by atoms with Gasteiger partial charge in [-0.1, -0.05) is 32.3 Å². The maximum absolute atomic E-state index is 9.65. The molecule has 1 atom stereocenters. The van der Waals surface area contributed by atoms with Crippen molar-refractivity contribution in [3.8, 4) is 0 Å². The monoisotopic (exact) mass is 208 g/mol. The van der Waals surface area contributed by atoms with Crippen LogP contribution in [0, 0.1) is 0 Å². The Labute approximate surface area is 91.5 Å². The lowest BCUT2D eigenvalue weighted by Gasteiger charge is -2.11. The summed E-state index contributed by atoms with van der Waals surface area (Å²) < 4.78 is 0. The highest BCUT2D eigenvalue weighted by molar-refractivity contribution is 5.33. The first-order valence-corrected chi connectivity index (χ1v) is 5.66. The van der Waals surface area contributed by atoms with E-state index >= 15 is 0 Å². The first-order chi connectivity index (χ1) is 7.33. The van der Waals surface area contributed by atoms with Crippen LogP contribution in [-0.4, -0.2) is 22.7 Å². The van der Waals surface area contributed by atoms with Crippen molar-refractivity contribution in [3.05, 3.63) is 24.4 Å². The molecular weight excluding hydrogens is 188 g/mol. The van der Waals surface area contributed by atoms with E-state index in [2.05, 4.69) is 17.2 Å². The summed E-state index contributed by atoms with van der Waals surface area (Å²) in [7, 11) is 0. The standard InChI is InChI=1S/C12H20N2O/c1-2-3-4-7-11(15)10-14-12-8-5-6-9-13-12/h5-6,8-9,11,15H,2-4,7,10H2,1H3,(H,13,14). The summed E-state index contributed by atoms with van der Waals surface area (Å²) in [6.45, 7) is 2.75. The molecule has 0 saturated heterocycles. The Bertz CT molecular complexity index is 251. The normalized spacial score (nSPS) is 12.4. The number of aromatic nitrogens is 1. The van der Waals surface area contributed by atoms with Crippen LogP contribution in [0.2, 0.25) is 0 Å². The number of aliphatic hydroxyl groups excluding tert-OH is 1. The van der Waals surface area contributed by atoms with Crippen LogP contribution in [0.1, 0.15) is 32.6 Å². The second kappa shape index (κ2) is 7.23. The van der Waals surface area contributed by atoms with E-state index in [1.54, 1.807) is 6.20 Å². The fraction of sp³-hybridized carbons (Fsp3) is 0.583. The minimum atomic E-state index is -0.265. The predicted molar refractivity (Wildman–Crippen MR) is 62.9 cm³/mol. The molecule has 15 heavy (non-hydrogen) atoms. The molecule has 1 heterocycles. The zero-order valence-corrected chi connectivity index (χ0v) is 9.32. The molecule has 1 aromatic rings. The zero-order chi connectivity index (χ0) is 10.9. The van der Waals surface area contributed by atoms with E-state index in [-0.39, 0.29) is 6.10 Å². The highest BCUT2D eigenvalue weighted by Gasteiger charge is 2.03. The van der Waals surface area contributed by atoms with Crippen LogP contribution in [-0.2, 0) is 0 Å². The number of unbranched alkanes of at least 4 members (excludes halogenated alkanes) is 2. The maximum Gasteiger partial charge on any atom is 0.125 e. The van der Waals surface area contributed by atoms with E-state index < -0.39 is 0 Å². The van der Waals surface area contributed by atoms with Crippen LogP contribution in [0.15, 0.2) is 24.4 Å². The van der Waals surface area contributed by atoms with Crippen LogP contribution < -0.4 is 5.32 Å². The van der Waals surface area contributed by atoms with Crippen LogP contribution in [0.5, 0.6) is 0 Å². The molecule has 0 aliphatic carbocycles. The molecule has 0 fully saturated rings. The average molecular weight is 208 g/mol. The molecule has 2 N–H and O–H groups in total. The lowest BCUT2D eigenvalue weighted by molar-refractivity contribution is 0.173. The largest absolute Gasteiger partial charge is 0.391 e. The van der Waals surface area contributed by atoms with Gasteiger partial charge in [-0.25, -0.2) is 4.98 Å². The lowest BCUT2D eigenvalue weighted by Crippen LogP contribution is -2.19. The first kappa shape index (κ1) is 12.0. The van der Waals surface area contributed by atoms with E-state index in [1.165, 1.54) is 12.8 Å². The smallest absolute Gasteiger partial charge is 0.125 e. The highest BCUT2D eigenvalue weighted by Crippen LogP contribution is 2.05. The fourth-order valence-corrected chi connectivity index (χ4v) is 1.42. The third-order valence-electron chi connectivity index (χ3n) is 2.32. The molecule has 0 aliphatic heterocycles. The van der Waals surface area contributed by atoms with Gasteiger partial charge in [0.2, 0.25) is 0 Å². The molecule has 0 saturated carbocycles. The SMILES string of the molecule is CCCCCC(O)CNc1ccccn1. The summed E-state index contributed by atoms with van der Waals surface area (Å²) in [6.07, 6.45) is 5.83. The van der Waals surface area contributed by atoms with E-state index in [0.717, 1.165) is 18.7 Å². The Kier molecular flexibility index (Phi) is 5.78. The van der Waals surface area contributed by atoms with E-state index in [9.17, 15) is 5.11 Å². The molecule has 84 valence electrons. The molecular formula is C12H20N2O. The number of nitrogens with one attached hydrogen (secondary N) is 1. The minimum Gasteiger partial charge on any atom is -0.391 e. The van der Waals surface area contributed by atoms with Crippen molar-refractivity contribution >= 4 is 5.82 Å². The molecule has 1 unspecified atom stereocenters. The third-order valence-corrected chi connectivity index (χ3v) is 2.32. The van der Waals surface area contributed by atoms with Gasteiger partial charge in [0.1, 0.15) is 5.82 Å². The van der Waals surface area contributed by atoms with Gasteiger partial charge >= 0.3 is 0 Å². The second-order valence-electron chi connectivity index (χ2n) is 3.75. The van der Waals surface area contributed by atoms with Crippen LogP contribution in [0.25, 0.3) is 0 Å². The van der Waals surface area contributed by atoms with Gasteiger partial charge in [0.15, 0.2) is 0 Å². The van der Waals surface area contributed by atoms with E-state index in [4.69, 9.17) is 0 Å². The highest BCUT2D eigenvalue weighted by atomic mass is 16.3. The Morgan fingerprint density at radius 2 is 2.27 bits per heavy atom. The summed E-state index contributed by atoms with van der Waals surface area (Å²) in [6, 6.07) is 5.71. The summed E-state index contributed by atoms with van der Waals surface area (Å²) in [4.78, 5) is 4.12. The Morgan fingerprint density at radius 3 is 2.93 bits per heavy atom. The maximum atomic E-state index is 9.65. The molecule has 3 nitrogen and oxygen atoms in total. The summed E-state index contributed by atoms with van der Waals surface area (Å²) in [5, 5.41) is 12.8. The average Bonchev–Trinajstić information content (AvgIpc) is 2.28. The lowest BCUT2D eigenvalue weighted by atomic mass is 10.1. The number of hydrogen-bond donors (Lipinski definition) is 2. The van der Waals surface area contributed by atoms with Crippen LogP contribution in [0.3, 0.4) is 0 Å². The first-order valence-electron chi connectivity index (χ1n) is 5.66. The van der Waals surface area contributed by atoms with Gasteiger partial charge in [-0.05, 0) is 18.6 Å². The molecule has 0 aromatic carbocycles. The number of nitrogens with zero attached hydrogens (tertiary/aromatic N) is 1. The van der Waals surface area contributed by atoms with Crippen molar-refractivity contribution in [3.63, 3.8) is 0 Å². The summed E-state index contributed by atoms with van der Waals surface area (Å²) >= 11 is 0. The zero-order valence-electron chi connectivity index (χ0n) is 9.32. The van der Waals surface area contributed by atoms with Crippen LogP contribution >= 0.6 is 0 Å². The molecule has 0 spiro atoms. The van der Waals surface area contributed by atoms with E-state index in [1.807, 2.05) is 18.2 Å². The van der Waals surface area contributed by atoms with Gasteiger partial charge in [0.25, 0.3) is 0 Å². The Balaban J connectivity index is 2.14. The van der Waals surface area contributed by atoms with Gasteiger partial charge in [-0.2, -0.15) is 0 Å². The van der Waals surface area contributed by atoms with Crippen molar-refractivity contribution in [1.82, 2.24) is 4.98 Å². The van der Waals surface area contributed by atoms with Crippen molar-refractivity contribution in [2.75, 3.05) is 11.9 Å². The van der Waals surface area contributed by atoms with Crippen molar-refractivity contribution in [2.45, 2.75) is 38.7 Å². The molecule has 0 aliphatic rings. The van der Waals surface area contributed by atoms with Gasteiger partial charge in [0, 0.05) is 12.7 Å². The second-order valence-corrected chi connectivity index (χ2v) is 3.75. The fourth-order valence-electron chi connectivity index (χ4n) is 1.42. The van der Waals surface area contributed by atoms with E-state index in [0.29, 0.717) is 6.54 Å². The molecule has 0 bridgehead atoms. The van der Waals surface area contributed by atoms with Gasteiger partial charge < -0.3 is 10.4 Å². The van der Waals surface area contributed by atoms with Crippen molar-refractivity contribution in [2.24, 2.45) is 0 Å². The third kappa shape index (κ3) is 5.37. The predicted octanol–water partition coefficient (Wildman–Crippen LogP) is 2.43. The summed E-state index contributed by atoms with van der Waals surface area (Å²) in [5.74, 6) is 0.826. The number of rotatable bonds is 7.